The Morgan fingerprint density at radius 3 is 1.24 bits per heavy atom. The number of hydrogen-bond donors (Lipinski definition) is 2. The molecule has 0 aromatic rings. The maximum Gasteiger partial charge on any atom is 0.434 e. The predicted octanol–water partition coefficient (Wildman–Crippen LogP) is 6.87. The molecule has 34 heavy (non-hydrogen) atoms. The third kappa shape index (κ3) is 6.83. The van der Waals surface area contributed by atoms with Gasteiger partial charge in [0.2, 0.25) is 0 Å². The summed E-state index contributed by atoms with van der Waals surface area (Å²) in [6, 6.07) is 0. The molecule has 0 aliphatic rings. The molecule has 0 bridgehead atoms. The molecule has 0 aliphatic carbocycles. The van der Waals surface area contributed by atoms with E-state index in [1.54, 1.807) is 0 Å². The van der Waals surface area contributed by atoms with Crippen molar-refractivity contribution in [3.05, 3.63) is 0 Å². The van der Waals surface area contributed by atoms with Gasteiger partial charge >= 0.3 is 35.9 Å². The van der Waals surface area contributed by atoms with Crippen molar-refractivity contribution in [1.29, 1.82) is 0 Å². The summed E-state index contributed by atoms with van der Waals surface area (Å²) in [5.74, 6) is -16.5. The fourth-order valence-electron chi connectivity index (χ4n) is 3.16. The van der Waals surface area contributed by atoms with Gasteiger partial charge in [-0.2, -0.15) is 35.1 Å². The maximum atomic E-state index is 14.7. The summed E-state index contributed by atoms with van der Waals surface area (Å²) in [6.45, 7) is 0. The molecule has 0 fully saturated rings. The molecule has 2 N–H and O–H groups in total. The largest absolute Gasteiger partial charge is 0.481 e. The van der Waals surface area contributed by atoms with Crippen molar-refractivity contribution >= 4 is 11.9 Å². The van der Waals surface area contributed by atoms with Crippen molar-refractivity contribution in [3.63, 3.8) is 0 Å². The van der Waals surface area contributed by atoms with E-state index in [1.807, 2.05) is 0 Å². The van der Waals surface area contributed by atoms with Gasteiger partial charge in [0.15, 0.2) is 0 Å². The molecule has 2 unspecified atom stereocenters. The Labute approximate surface area is 185 Å². The van der Waals surface area contributed by atoms with Gasteiger partial charge in [-0.15, -0.1) is 0 Å². The first kappa shape index (κ1) is 32.1. The van der Waals surface area contributed by atoms with Crippen molar-refractivity contribution in [1.82, 2.24) is 0 Å². The second-order valence-corrected chi connectivity index (χ2v) is 7.64. The Morgan fingerprint density at radius 2 is 0.912 bits per heavy atom. The molecular formula is C18H22F12O4. The Hall–Kier alpha value is -1.90. The highest BCUT2D eigenvalue weighted by Crippen LogP contribution is 2.63. The van der Waals surface area contributed by atoms with Crippen molar-refractivity contribution < 1.29 is 72.5 Å². The molecule has 0 rings (SSSR count). The number of aliphatic carboxylic acids is 2. The molecule has 0 heterocycles. The van der Waals surface area contributed by atoms with E-state index in [9.17, 15) is 62.3 Å². The van der Waals surface area contributed by atoms with Crippen LogP contribution in [0, 0.1) is 0 Å². The average Bonchev–Trinajstić information content (AvgIpc) is 2.63. The van der Waals surface area contributed by atoms with E-state index in [4.69, 9.17) is 10.2 Å². The molecule has 0 saturated carbocycles. The number of carbonyl (C=O) groups is 2. The highest BCUT2D eigenvalue weighted by atomic mass is 19.4. The van der Waals surface area contributed by atoms with E-state index in [0.29, 0.717) is 0 Å². The maximum absolute atomic E-state index is 14.7. The van der Waals surface area contributed by atoms with Crippen LogP contribution < -0.4 is 0 Å². The van der Waals surface area contributed by atoms with Crippen LogP contribution in [0.15, 0.2) is 0 Å². The van der Waals surface area contributed by atoms with Crippen molar-refractivity contribution in [2.24, 2.45) is 0 Å². The van der Waals surface area contributed by atoms with E-state index in [2.05, 4.69) is 0 Å². The number of alkyl halides is 12. The van der Waals surface area contributed by atoms with Gasteiger partial charge < -0.3 is 10.2 Å². The van der Waals surface area contributed by atoms with Gasteiger partial charge in [0.1, 0.15) is 0 Å². The van der Waals surface area contributed by atoms with E-state index < -0.39 is 112 Å². The molecule has 0 radical (unpaired) electrons. The molecule has 0 spiro atoms. The first-order valence-electron chi connectivity index (χ1n) is 9.79. The molecule has 4 nitrogen and oxygen atoms in total. The van der Waals surface area contributed by atoms with Crippen LogP contribution in [0.25, 0.3) is 0 Å². The van der Waals surface area contributed by atoms with Crippen LogP contribution in [-0.4, -0.2) is 57.7 Å². The molecule has 202 valence electrons. The van der Waals surface area contributed by atoms with Crippen molar-refractivity contribution in [2.75, 3.05) is 0 Å². The van der Waals surface area contributed by atoms with E-state index in [-0.39, 0.29) is 0 Å². The third-order valence-electron chi connectivity index (χ3n) is 5.07. The molecular weight excluding hydrogens is 508 g/mol. The SMILES string of the molecule is O=C(O)CCCCCC(F)(F)C(F)(C(F)(F)F)C(F)(F)C(F)(CCCCCC(=O)O)C(F)(F)F. The smallest absolute Gasteiger partial charge is 0.434 e. The molecule has 0 aliphatic heterocycles. The molecule has 0 aromatic carbocycles. The summed E-state index contributed by atoms with van der Waals surface area (Å²) in [6.07, 6.45) is -25.3. The zero-order valence-corrected chi connectivity index (χ0v) is 17.3. The van der Waals surface area contributed by atoms with Crippen LogP contribution in [-0.2, 0) is 9.59 Å². The van der Waals surface area contributed by atoms with Gasteiger partial charge in [-0.1, -0.05) is 12.8 Å². The van der Waals surface area contributed by atoms with Gasteiger partial charge in [0.05, 0.1) is 0 Å². The minimum Gasteiger partial charge on any atom is -0.481 e. The van der Waals surface area contributed by atoms with Crippen LogP contribution in [0.1, 0.15) is 64.2 Å². The van der Waals surface area contributed by atoms with Gasteiger partial charge in [-0.25, -0.2) is 17.6 Å². The Bertz CT molecular complexity index is 691. The lowest BCUT2D eigenvalue weighted by molar-refractivity contribution is -0.417. The molecule has 0 saturated heterocycles. The highest BCUT2D eigenvalue weighted by molar-refractivity contribution is 5.66. The van der Waals surface area contributed by atoms with Gasteiger partial charge in [-0.05, 0) is 32.1 Å². The van der Waals surface area contributed by atoms with Crippen LogP contribution in [0.3, 0.4) is 0 Å². The molecule has 2 atom stereocenters. The normalized spacial score (nSPS) is 17.2. The summed E-state index contributed by atoms with van der Waals surface area (Å²) >= 11 is 0. The average molecular weight is 530 g/mol. The fourth-order valence-corrected chi connectivity index (χ4v) is 3.16. The van der Waals surface area contributed by atoms with Crippen LogP contribution in [0.2, 0.25) is 0 Å². The fraction of sp³-hybridized carbons (Fsp3) is 0.889. The van der Waals surface area contributed by atoms with E-state index in [1.165, 1.54) is 0 Å². The summed E-state index contributed by atoms with van der Waals surface area (Å²) in [4.78, 5) is 20.6. The van der Waals surface area contributed by atoms with Crippen LogP contribution >= 0.6 is 0 Å². The van der Waals surface area contributed by atoms with E-state index >= 15 is 0 Å². The van der Waals surface area contributed by atoms with Gasteiger partial charge in [-0.3, -0.25) is 9.59 Å². The quantitative estimate of drug-likeness (QED) is 0.179. The number of carboxylic acids is 2. The first-order chi connectivity index (χ1) is 15.1. The zero-order valence-electron chi connectivity index (χ0n) is 17.3. The van der Waals surface area contributed by atoms with Crippen LogP contribution in [0.4, 0.5) is 52.7 Å². The molecule has 0 aromatic heterocycles. The Kier molecular flexibility index (Phi) is 10.6. The zero-order chi connectivity index (χ0) is 27.2. The number of unbranched alkanes of at least 4 members (excludes halogenated alkanes) is 4. The second kappa shape index (κ2) is 11.2. The van der Waals surface area contributed by atoms with Crippen molar-refractivity contribution in [2.45, 2.75) is 99.7 Å². The van der Waals surface area contributed by atoms with E-state index in [0.717, 1.165) is 0 Å². The third-order valence-corrected chi connectivity index (χ3v) is 5.07. The molecule has 16 heteroatoms. The summed E-state index contributed by atoms with van der Waals surface area (Å²) in [7, 11) is 0. The predicted molar refractivity (Wildman–Crippen MR) is 91.1 cm³/mol. The minimum atomic E-state index is -7.35. The first-order valence-corrected chi connectivity index (χ1v) is 9.79. The van der Waals surface area contributed by atoms with Crippen LogP contribution in [0.5, 0.6) is 0 Å². The number of carboxylic acid groups (broad SMARTS) is 2. The Morgan fingerprint density at radius 1 is 0.529 bits per heavy atom. The summed E-state index contributed by atoms with van der Waals surface area (Å²) in [5.41, 5.74) is -13.6. The molecule has 0 amide bonds. The number of halogens is 12. The topological polar surface area (TPSA) is 74.6 Å². The lowest BCUT2D eigenvalue weighted by atomic mass is 9.75. The lowest BCUT2D eigenvalue weighted by Crippen LogP contribution is -2.74. The van der Waals surface area contributed by atoms with Crippen molar-refractivity contribution in [3.8, 4) is 0 Å². The summed E-state index contributed by atoms with van der Waals surface area (Å²) in [5, 5.41) is 16.8. The van der Waals surface area contributed by atoms with Gasteiger partial charge in [0, 0.05) is 19.3 Å². The lowest BCUT2D eigenvalue weighted by Gasteiger charge is -2.46. The highest BCUT2D eigenvalue weighted by Gasteiger charge is 2.90. The second-order valence-electron chi connectivity index (χ2n) is 7.64. The number of rotatable bonds is 15. The van der Waals surface area contributed by atoms with Gasteiger partial charge in [0.25, 0.3) is 11.6 Å². The monoisotopic (exact) mass is 530 g/mol. The Balaban J connectivity index is 6.12. The summed E-state index contributed by atoms with van der Waals surface area (Å²) < 4.78 is 166. The number of hydrogen-bond acceptors (Lipinski definition) is 2. The minimum absolute atomic E-state index is 0.431. The standard InChI is InChI=1S/C18H22F12O4/c19-13(17(25,26)27,9-5-1-3-7-11(31)32)16(23,24)15(22,18(28,29)30)14(20,21)10-6-2-4-8-12(33)34/h1-10H2,(H,31,32)(H,33,34).